The molecule has 2 amide bonds. The summed E-state index contributed by atoms with van der Waals surface area (Å²) in [6, 6.07) is 2.90. The third-order valence-electron chi connectivity index (χ3n) is 3.03. The molecule has 0 saturated heterocycles. The van der Waals surface area contributed by atoms with E-state index in [0.717, 1.165) is 12.5 Å². The lowest BCUT2D eigenvalue weighted by molar-refractivity contribution is -0.122. The van der Waals surface area contributed by atoms with E-state index in [1.807, 2.05) is 6.92 Å². The van der Waals surface area contributed by atoms with E-state index in [2.05, 4.69) is 10.6 Å². The van der Waals surface area contributed by atoms with E-state index in [1.54, 1.807) is 0 Å². The summed E-state index contributed by atoms with van der Waals surface area (Å²) in [5.74, 6) is -0.788. The van der Waals surface area contributed by atoms with Crippen LogP contribution in [0, 0.1) is 0 Å². The second-order valence-electron chi connectivity index (χ2n) is 4.89. The first kappa shape index (κ1) is 18.9. The van der Waals surface area contributed by atoms with Gasteiger partial charge in [0.05, 0.1) is 17.6 Å². The number of primary sulfonamides is 1. The molecule has 8 nitrogen and oxygen atoms in total. The number of carbonyl (C=O) groups is 2. The Morgan fingerprint density at radius 3 is 2.52 bits per heavy atom. The van der Waals surface area contributed by atoms with E-state index < -0.39 is 22.0 Å². The lowest BCUT2D eigenvalue weighted by atomic mass is 10.1. The molecule has 0 unspecified atom stereocenters. The van der Waals surface area contributed by atoms with Gasteiger partial charge in [-0.2, -0.15) is 0 Å². The predicted octanol–water partition coefficient (Wildman–Crippen LogP) is -0.0129. The Labute approximate surface area is 135 Å². The van der Waals surface area contributed by atoms with Crippen molar-refractivity contribution in [1.82, 2.24) is 10.6 Å². The summed E-state index contributed by atoms with van der Waals surface area (Å²) < 4.78 is 27.8. The number of hydrogen-bond donors (Lipinski definition) is 3. The Balaban J connectivity index is 3.00. The van der Waals surface area contributed by atoms with Crippen LogP contribution in [0.15, 0.2) is 23.1 Å². The highest BCUT2D eigenvalue weighted by atomic mass is 32.2. The van der Waals surface area contributed by atoms with Gasteiger partial charge >= 0.3 is 0 Å². The molecule has 0 bridgehead atoms. The van der Waals surface area contributed by atoms with Crippen LogP contribution >= 0.6 is 0 Å². The Morgan fingerprint density at radius 1 is 1.35 bits per heavy atom. The fourth-order valence-corrected chi connectivity index (χ4v) is 2.32. The van der Waals surface area contributed by atoms with Crippen molar-refractivity contribution in [2.45, 2.75) is 31.2 Å². The molecule has 0 aromatic heterocycles. The zero-order valence-electron chi connectivity index (χ0n) is 13.3. The monoisotopic (exact) mass is 343 g/mol. The molecule has 0 saturated carbocycles. The molecule has 0 aliphatic heterocycles. The lowest BCUT2D eigenvalue weighted by Gasteiger charge is -2.15. The van der Waals surface area contributed by atoms with Crippen LogP contribution in [0.25, 0.3) is 0 Å². The highest BCUT2D eigenvalue weighted by molar-refractivity contribution is 7.89. The van der Waals surface area contributed by atoms with Gasteiger partial charge in [-0.25, -0.2) is 13.6 Å². The first-order valence-corrected chi connectivity index (χ1v) is 8.54. The molecule has 128 valence electrons. The SMILES string of the molecule is CCCNC(=O)[C@H](C)NC(=O)c1cc(S(N)(=O)=O)ccc1OC. The van der Waals surface area contributed by atoms with Crippen molar-refractivity contribution < 1.29 is 22.7 Å². The maximum absolute atomic E-state index is 12.3. The Morgan fingerprint density at radius 2 is 2.00 bits per heavy atom. The molecule has 1 aromatic carbocycles. The van der Waals surface area contributed by atoms with Gasteiger partial charge in [-0.3, -0.25) is 9.59 Å². The summed E-state index contributed by atoms with van der Waals surface area (Å²) in [6.07, 6.45) is 0.774. The summed E-state index contributed by atoms with van der Waals surface area (Å²) in [7, 11) is -2.61. The molecule has 1 rings (SSSR count). The van der Waals surface area contributed by atoms with Crippen molar-refractivity contribution >= 4 is 21.8 Å². The lowest BCUT2D eigenvalue weighted by Crippen LogP contribution is -2.45. The molecule has 0 spiro atoms. The number of ether oxygens (including phenoxy) is 1. The first-order chi connectivity index (χ1) is 10.7. The second kappa shape index (κ2) is 7.93. The van der Waals surface area contributed by atoms with Crippen molar-refractivity contribution in [3.8, 4) is 5.75 Å². The van der Waals surface area contributed by atoms with Gasteiger partial charge in [0, 0.05) is 6.54 Å². The number of nitrogens with two attached hydrogens (primary N) is 1. The third-order valence-corrected chi connectivity index (χ3v) is 3.95. The van der Waals surface area contributed by atoms with Crippen LogP contribution in [0.4, 0.5) is 0 Å². The van der Waals surface area contributed by atoms with Gasteiger partial charge in [-0.05, 0) is 31.5 Å². The fourth-order valence-electron chi connectivity index (χ4n) is 1.78. The minimum atomic E-state index is -3.96. The van der Waals surface area contributed by atoms with Gasteiger partial charge in [-0.15, -0.1) is 0 Å². The smallest absolute Gasteiger partial charge is 0.255 e. The number of amides is 2. The highest BCUT2D eigenvalue weighted by Gasteiger charge is 2.21. The second-order valence-corrected chi connectivity index (χ2v) is 6.45. The van der Waals surface area contributed by atoms with Crippen molar-refractivity contribution in [3.63, 3.8) is 0 Å². The Hall–Kier alpha value is -2.13. The Kier molecular flexibility index (Phi) is 6.52. The van der Waals surface area contributed by atoms with E-state index in [1.165, 1.54) is 26.2 Å². The van der Waals surface area contributed by atoms with Crippen LogP contribution in [0.2, 0.25) is 0 Å². The summed E-state index contributed by atoms with van der Waals surface area (Å²) in [5.41, 5.74) is -0.0193. The largest absolute Gasteiger partial charge is 0.496 e. The van der Waals surface area contributed by atoms with Gasteiger partial charge in [0.1, 0.15) is 11.8 Å². The van der Waals surface area contributed by atoms with E-state index >= 15 is 0 Å². The van der Waals surface area contributed by atoms with Crippen LogP contribution in [-0.2, 0) is 14.8 Å². The van der Waals surface area contributed by atoms with Crippen molar-refractivity contribution in [3.05, 3.63) is 23.8 Å². The highest BCUT2D eigenvalue weighted by Crippen LogP contribution is 2.22. The molecule has 23 heavy (non-hydrogen) atoms. The first-order valence-electron chi connectivity index (χ1n) is 7.00. The molecule has 4 N–H and O–H groups in total. The van der Waals surface area contributed by atoms with Gasteiger partial charge in [0.2, 0.25) is 15.9 Å². The van der Waals surface area contributed by atoms with Gasteiger partial charge in [0.15, 0.2) is 0 Å². The molecule has 0 radical (unpaired) electrons. The molecular formula is C14H21N3O5S. The summed E-state index contributed by atoms with van der Waals surface area (Å²) >= 11 is 0. The number of hydrogen-bond acceptors (Lipinski definition) is 5. The molecule has 0 fully saturated rings. The average molecular weight is 343 g/mol. The summed E-state index contributed by atoms with van der Waals surface area (Å²) in [6.45, 7) is 3.94. The van der Waals surface area contributed by atoms with Crippen LogP contribution in [-0.4, -0.2) is 39.9 Å². The summed E-state index contributed by atoms with van der Waals surface area (Å²) in [5, 5.41) is 10.2. The predicted molar refractivity (Wildman–Crippen MR) is 84.6 cm³/mol. The third kappa shape index (κ3) is 5.22. The molecule has 0 aliphatic rings. The van der Waals surface area contributed by atoms with Crippen molar-refractivity contribution in [2.75, 3.05) is 13.7 Å². The van der Waals surface area contributed by atoms with Gasteiger partial charge < -0.3 is 15.4 Å². The number of nitrogens with one attached hydrogen (secondary N) is 2. The fraction of sp³-hybridized carbons (Fsp3) is 0.429. The number of rotatable bonds is 7. The molecule has 1 atom stereocenters. The van der Waals surface area contributed by atoms with E-state index in [-0.39, 0.29) is 22.1 Å². The topological polar surface area (TPSA) is 128 Å². The maximum Gasteiger partial charge on any atom is 0.255 e. The molecule has 9 heteroatoms. The van der Waals surface area contributed by atoms with Crippen LogP contribution in [0.3, 0.4) is 0 Å². The van der Waals surface area contributed by atoms with Crippen molar-refractivity contribution in [1.29, 1.82) is 0 Å². The quantitative estimate of drug-likeness (QED) is 0.641. The van der Waals surface area contributed by atoms with E-state index in [0.29, 0.717) is 6.54 Å². The average Bonchev–Trinajstić information content (AvgIpc) is 2.50. The normalized spacial score (nSPS) is 12.3. The number of benzene rings is 1. The van der Waals surface area contributed by atoms with Crippen LogP contribution < -0.4 is 20.5 Å². The van der Waals surface area contributed by atoms with E-state index in [4.69, 9.17) is 9.88 Å². The standard InChI is InChI=1S/C14H21N3O5S/c1-4-7-16-13(18)9(2)17-14(19)11-8-10(23(15,20)21)5-6-12(11)22-3/h5-6,8-9H,4,7H2,1-3H3,(H,16,18)(H,17,19)(H2,15,20,21)/t9-/m0/s1. The Bertz CT molecular complexity index is 688. The number of carbonyl (C=O) groups excluding carboxylic acids is 2. The number of methoxy groups -OCH3 is 1. The maximum atomic E-state index is 12.3. The molecular weight excluding hydrogens is 322 g/mol. The van der Waals surface area contributed by atoms with Gasteiger partial charge in [0.25, 0.3) is 5.91 Å². The van der Waals surface area contributed by atoms with Crippen molar-refractivity contribution in [2.24, 2.45) is 5.14 Å². The molecule has 0 heterocycles. The summed E-state index contributed by atoms with van der Waals surface area (Å²) in [4.78, 5) is 23.8. The van der Waals surface area contributed by atoms with Crippen LogP contribution in [0.1, 0.15) is 30.6 Å². The zero-order chi connectivity index (χ0) is 17.6. The van der Waals surface area contributed by atoms with Gasteiger partial charge in [-0.1, -0.05) is 6.92 Å². The minimum Gasteiger partial charge on any atom is -0.496 e. The molecule has 0 aliphatic carbocycles. The van der Waals surface area contributed by atoms with Crippen LogP contribution in [0.5, 0.6) is 5.75 Å². The van der Waals surface area contributed by atoms with E-state index in [9.17, 15) is 18.0 Å². The minimum absolute atomic E-state index is 0.0193. The molecule has 1 aromatic rings. The number of sulfonamides is 1. The zero-order valence-corrected chi connectivity index (χ0v) is 14.1.